The van der Waals surface area contributed by atoms with E-state index in [0.717, 1.165) is 0 Å². The summed E-state index contributed by atoms with van der Waals surface area (Å²) in [5.41, 5.74) is 1.72. The number of anilines is 1. The molecule has 0 saturated heterocycles. The maximum absolute atomic E-state index is 12.9. The van der Waals surface area contributed by atoms with Crippen LogP contribution in [0.1, 0.15) is 11.1 Å². The van der Waals surface area contributed by atoms with Crippen molar-refractivity contribution in [3.63, 3.8) is 0 Å². The number of amides is 1. The minimum Gasteiger partial charge on any atom is -0.496 e. The normalized spacial score (nSPS) is 11.5. The highest BCUT2D eigenvalue weighted by Crippen LogP contribution is 2.25. The van der Waals surface area contributed by atoms with Gasteiger partial charge in [-0.3, -0.25) is 4.79 Å². The third kappa shape index (κ3) is 6.52. The zero-order chi connectivity index (χ0) is 23.8. The van der Waals surface area contributed by atoms with Crippen LogP contribution in [0.25, 0.3) is 11.6 Å². The van der Waals surface area contributed by atoms with Gasteiger partial charge in [-0.2, -0.15) is 0 Å². The average molecular weight is 467 g/mol. The van der Waals surface area contributed by atoms with E-state index in [-0.39, 0.29) is 16.2 Å². The van der Waals surface area contributed by atoms with Gasteiger partial charge in [0.15, 0.2) is 6.61 Å². The summed E-state index contributed by atoms with van der Waals surface area (Å²) in [6.45, 7) is -0.575. The Bertz CT molecular complexity index is 1290. The zero-order valence-corrected chi connectivity index (χ0v) is 18.5. The molecule has 1 amide bonds. The Balaban J connectivity index is 1.77. The maximum Gasteiger partial charge on any atom is 0.339 e. The van der Waals surface area contributed by atoms with Crippen molar-refractivity contribution in [1.82, 2.24) is 0 Å². The molecule has 3 aromatic rings. The molecule has 3 aromatic carbocycles. The van der Waals surface area contributed by atoms with E-state index in [1.807, 2.05) is 18.2 Å². The van der Waals surface area contributed by atoms with Crippen LogP contribution >= 0.6 is 0 Å². The molecule has 0 atom stereocenters. The van der Waals surface area contributed by atoms with Crippen molar-refractivity contribution in [2.45, 2.75) is 4.90 Å². The average Bonchev–Trinajstić information content (AvgIpc) is 2.81. The molecule has 0 bridgehead atoms. The zero-order valence-electron chi connectivity index (χ0n) is 17.7. The number of esters is 1. The van der Waals surface area contributed by atoms with Gasteiger partial charge in [0.1, 0.15) is 5.75 Å². The highest BCUT2D eigenvalue weighted by molar-refractivity contribution is 7.89. The fourth-order valence-electron chi connectivity index (χ4n) is 2.98. The van der Waals surface area contributed by atoms with Gasteiger partial charge in [-0.1, -0.05) is 54.6 Å². The number of benzene rings is 3. The first kappa shape index (κ1) is 23.7. The Morgan fingerprint density at radius 2 is 1.67 bits per heavy atom. The van der Waals surface area contributed by atoms with Crippen LogP contribution < -0.4 is 15.2 Å². The number of nitrogens with two attached hydrogens (primary N) is 1. The Kier molecular flexibility index (Phi) is 7.60. The quantitative estimate of drug-likeness (QED) is 0.299. The standard InChI is InChI=1S/C24H22N2O6S/c1-31-22-13-6-5-10-18(22)14-21(17-8-3-2-4-9-17)24(28)32-16-23(27)26-19-11-7-12-20(15-19)33(25,29)30/h2-15H,16H2,1H3,(H,26,27)(H2,25,29,30). The monoisotopic (exact) mass is 466 g/mol. The van der Waals surface area contributed by atoms with Crippen molar-refractivity contribution in [3.05, 3.63) is 90.0 Å². The molecular formula is C24H22N2O6S. The number of sulfonamides is 1. The topological polar surface area (TPSA) is 125 Å². The number of rotatable bonds is 8. The van der Waals surface area contributed by atoms with Crippen molar-refractivity contribution in [1.29, 1.82) is 0 Å². The molecule has 0 aliphatic carbocycles. The van der Waals surface area contributed by atoms with Gasteiger partial charge in [0.2, 0.25) is 10.0 Å². The predicted molar refractivity (Wildman–Crippen MR) is 125 cm³/mol. The number of carbonyl (C=O) groups excluding carboxylic acids is 2. The van der Waals surface area contributed by atoms with Gasteiger partial charge < -0.3 is 14.8 Å². The lowest BCUT2D eigenvalue weighted by Crippen LogP contribution is -2.21. The molecule has 33 heavy (non-hydrogen) atoms. The summed E-state index contributed by atoms with van der Waals surface area (Å²) < 4.78 is 33.5. The van der Waals surface area contributed by atoms with E-state index in [4.69, 9.17) is 14.6 Å². The van der Waals surface area contributed by atoms with Gasteiger partial charge in [0.25, 0.3) is 5.91 Å². The molecule has 170 valence electrons. The van der Waals surface area contributed by atoms with E-state index < -0.39 is 28.5 Å². The van der Waals surface area contributed by atoms with E-state index >= 15 is 0 Å². The summed E-state index contributed by atoms with van der Waals surface area (Å²) in [6.07, 6.45) is 1.63. The molecule has 0 heterocycles. The summed E-state index contributed by atoms with van der Waals surface area (Å²) in [5.74, 6) is -0.772. The molecule has 0 radical (unpaired) electrons. The second kappa shape index (κ2) is 10.6. The van der Waals surface area contributed by atoms with Crippen LogP contribution in [-0.2, 0) is 24.3 Å². The second-order valence-corrected chi connectivity index (χ2v) is 8.42. The summed E-state index contributed by atoms with van der Waals surface area (Å²) in [4.78, 5) is 25.0. The molecule has 0 aliphatic rings. The van der Waals surface area contributed by atoms with Crippen LogP contribution in [-0.4, -0.2) is 34.0 Å². The van der Waals surface area contributed by atoms with E-state index in [1.165, 1.54) is 31.4 Å². The largest absolute Gasteiger partial charge is 0.496 e. The molecule has 0 fully saturated rings. The van der Waals surface area contributed by atoms with Crippen LogP contribution in [0, 0.1) is 0 Å². The first-order valence-corrected chi connectivity index (χ1v) is 11.3. The molecule has 8 nitrogen and oxygen atoms in total. The van der Waals surface area contributed by atoms with Crippen LogP contribution in [0.3, 0.4) is 0 Å². The molecule has 0 aliphatic heterocycles. The van der Waals surface area contributed by atoms with Crippen LogP contribution in [0.15, 0.2) is 83.8 Å². The Hall–Kier alpha value is -3.95. The van der Waals surface area contributed by atoms with Gasteiger partial charge in [-0.15, -0.1) is 0 Å². The Morgan fingerprint density at radius 1 is 0.970 bits per heavy atom. The molecule has 0 unspecified atom stereocenters. The van der Waals surface area contributed by atoms with Gasteiger partial charge in [-0.05, 0) is 35.9 Å². The molecular weight excluding hydrogens is 444 g/mol. The second-order valence-electron chi connectivity index (χ2n) is 6.86. The summed E-state index contributed by atoms with van der Waals surface area (Å²) >= 11 is 0. The fraction of sp³-hybridized carbons (Fsp3) is 0.0833. The number of hydrogen-bond acceptors (Lipinski definition) is 6. The van der Waals surface area contributed by atoms with Crippen molar-refractivity contribution in [2.24, 2.45) is 5.14 Å². The lowest BCUT2D eigenvalue weighted by Gasteiger charge is -2.11. The first-order chi connectivity index (χ1) is 15.8. The van der Waals surface area contributed by atoms with Crippen LogP contribution in [0.5, 0.6) is 5.75 Å². The van der Waals surface area contributed by atoms with Crippen LogP contribution in [0.2, 0.25) is 0 Å². The molecule has 0 spiro atoms. The number of carbonyl (C=O) groups is 2. The van der Waals surface area contributed by atoms with E-state index in [0.29, 0.717) is 16.9 Å². The van der Waals surface area contributed by atoms with Crippen molar-refractivity contribution >= 4 is 39.2 Å². The van der Waals surface area contributed by atoms with Crippen molar-refractivity contribution < 1.29 is 27.5 Å². The first-order valence-electron chi connectivity index (χ1n) is 9.78. The third-order valence-electron chi connectivity index (χ3n) is 4.52. The number of primary sulfonamides is 1. The number of para-hydroxylation sites is 1. The molecule has 0 aromatic heterocycles. The smallest absolute Gasteiger partial charge is 0.339 e. The summed E-state index contributed by atoms with van der Waals surface area (Å²) in [7, 11) is -2.39. The van der Waals surface area contributed by atoms with Gasteiger partial charge in [0.05, 0.1) is 17.6 Å². The number of hydrogen-bond donors (Lipinski definition) is 2. The van der Waals surface area contributed by atoms with Crippen LogP contribution in [0.4, 0.5) is 5.69 Å². The summed E-state index contributed by atoms with van der Waals surface area (Å²) in [6, 6.07) is 21.5. The predicted octanol–water partition coefficient (Wildman–Crippen LogP) is 3.07. The van der Waals surface area contributed by atoms with E-state index in [9.17, 15) is 18.0 Å². The SMILES string of the molecule is COc1ccccc1C=C(C(=O)OCC(=O)Nc1cccc(S(N)(=O)=O)c1)c1ccccc1. The van der Waals surface area contributed by atoms with Gasteiger partial charge in [0, 0.05) is 11.3 Å². The molecule has 3 rings (SSSR count). The third-order valence-corrected chi connectivity index (χ3v) is 5.44. The molecule has 9 heteroatoms. The minimum absolute atomic E-state index is 0.150. The highest BCUT2D eigenvalue weighted by atomic mass is 32.2. The number of nitrogens with one attached hydrogen (secondary N) is 1. The van der Waals surface area contributed by atoms with Crippen molar-refractivity contribution in [2.75, 3.05) is 19.0 Å². The molecule has 0 saturated carbocycles. The molecule has 3 N–H and O–H groups in total. The highest BCUT2D eigenvalue weighted by Gasteiger charge is 2.17. The minimum atomic E-state index is -3.92. The van der Waals surface area contributed by atoms with Gasteiger partial charge in [-0.25, -0.2) is 18.4 Å². The number of methoxy groups -OCH3 is 1. The van der Waals surface area contributed by atoms with E-state index in [1.54, 1.807) is 42.5 Å². The lowest BCUT2D eigenvalue weighted by atomic mass is 10.0. The maximum atomic E-state index is 12.9. The summed E-state index contributed by atoms with van der Waals surface area (Å²) in [5, 5.41) is 7.58. The number of ether oxygens (including phenoxy) is 2. The Morgan fingerprint density at radius 3 is 2.36 bits per heavy atom. The van der Waals surface area contributed by atoms with Crippen molar-refractivity contribution in [3.8, 4) is 5.75 Å². The van der Waals surface area contributed by atoms with Gasteiger partial charge >= 0.3 is 5.97 Å². The fourth-order valence-corrected chi connectivity index (χ4v) is 3.54. The Labute approximate surface area is 191 Å². The van der Waals surface area contributed by atoms with E-state index in [2.05, 4.69) is 5.32 Å². The lowest BCUT2D eigenvalue weighted by molar-refractivity contribution is -0.141.